The Morgan fingerprint density at radius 3 is 2.72 bits per heavy atom. The van der Waals surface area contributed by atoms with Gasteiger partial charge in [-0.25, -0.2) is 0 Å². The molecule has 0 aliphatic heterocycles. The molecule has 1 aromatic carbocycles. The van der Waals surface area contributed by atoms with Crippen molar-refractivity contribution in [3.05, 3.63) is 33.4 Å². The first kappa shape index (κ1) is 14.9. The molecule has 0 spiro atoms. The molecule has 0 aliphatic rings. The zero-order valence-corrected chi connectivity index (χ0v) is 12.7. The lowest BCUT2D eigenvalue weighted by Gasteiger charge is -2.13. The number of halogens is 1. The van der Waals surface area contributed by atoms with E-state index >= 15 is 0 Å². The Hall–Kier alpha value is -1.11. The highest BCUT2D eigenvalue weighted by atomic mass is 127. The van der Waals surface area contributed by atoms with Crippen LogP contribution in [0.3, 0.4) is 0 Å². The third-order valence-corrected chi connectivity index (χ3v) is 3.05. The predicted molar refractivity (Wildman–Crippen MR) is 79.4 cm³/mol. The third kappa shape index (κ3) is 4.64. The zero-order chi connectivity index (χ0) is 13.5. The van der Waals surface area contributed by atoms with E-state index in [4.69, 9.17) is 0 Å². The highest BCUT2D eigenvalue weighted by Crippen LogP contribution is 2.07. The van der Waals surface area contributed by atoms with Crippen LogP contribution in [0.4, 0.5) is 0 Å². The van der Waals surface area contributed by atoms with Crippen LogP contribution in [0.1, 0.15) is 30.6 Å². The van der Waals surface area contributed by atoms with Gasteiger partial charge in [0.15, 0.2) is 0 Å². The standard InChI is InChI=1S/C13H17IN2O2/c1-3-7-15-12(17)9(2)16-13(18)10-5-4-6-11(14)8-10/h4-6,8-9H,3,7H2,1-2H3,(H,15,17)(H,16,18). The van der Waals surface area contributed by atoms with Crippen LogP contribution in [0, 0.1) is 3.57 Å². The molecule has 4 nitrogen and oxygen atoms in total. The first-order valence-electron chi connectivity index (χ1n) is 5.88. The molecule has 1 unspecified atom stereocenters. The van der Waals surface area contributed by atoms with E-state index in [-0.39, 0.29) is 11.8 Å². The van der Waals surface area contributed by atoms with E-state index in [1.165, 1.54) is 0 Å². The van der Waals surface area contributed by atoms with Crippen LogP contribution in [0.15, 0.2) is 24.3 Å². The maximum Gasteiger partial charge on any atom is 0.251 e. The Labute approximate surface area is 121 Å². The lowest BCUT2D eigenvalue weighted by atomic mass is 10.2. The molecule has 0 fully saturated rings. The second-order valence-corrected chi connectivity index (χ2v) is 5.24. The summed E-state index contributed by atoms with van der Waals surface area (Å²) < 4.78 is 0.989. The van der Waals surface area contributed by atoms with Gasteiger partial charge in [-0.05, 0) is 54.1 Å². The number of carbonyl (C=O) groups excluding carboxylic acids is 2. The van der Waals surface area contributed by atoms with Crippen LogP contribution in [0.25, 0.3) is 0 Å². The van der Waals surface area contributed by atoms with Gasteiger partial charge in [0, 0.05) is 15.7 Å². The van der Waals surface area contributed by atoms with Gasteiger partial charge in [0.25, 0.3) is 5.91 Å². The van der Waals surface area contributed by atoms with Crippen LogP contribution in [-0.4, -0.2) is 24.4 Å². The molecule has 18 heavy (non-hydrogen) atoms. The van der Waals surface area contributed by atoms with Crippen molar-refractivity contribution in [3.63, 3.8) is 0 Å². The van der Waals surface area contributed by atoms with Crippen molar-refractivity contribution in [3.8, 4) is 0 Å². The average Bonchev–Trinajstić information content (AvgIpc) is 2.35. The second kappa shape index (κ2) is 7.35. The molecule has 0 bridgehead atoms. The van der Waals surface area contributed by atoms with Crippen molar-refractivity contribution in [2.24, 2.45) is 0 Å². The fraction of sp³-hybridized carbons (Fsp3) is 0.385. The topological polar surface area (TPSA) is 58.2 Å². The van der Waals surface area contributed by atoms with Crippen molar-refractivity contribution in [1.82, 2.24) is 10.6 Å². The van der Waals surface area contributed by atoms with Crippen molar-refractivity contribution in [1.29, 1.82) is 0 Å². The van der Waals surface area contributed by atoms with Crippen molar-refractivity contribution in [2.75, 3.05) is 6.54 Å². The van der Waals surface area contributed by atoms with Crippen LogP contribution in [0.2, 0.25) is 0 Å². The maximum atomic E-state index is 11.9. The fourth-order valence-electron chi connectivity index (χ4n) is 1.38. The van der Waals surface area contributed by atoms with Crippen LogP contribution in [-0.2, 0) is 4.79 Å². The van der Waals surface area contributed by atoms with Crippen LogP contribution in [0.5, 0.6) is 0 Å². The molecular formula is C13H17IN2O2. The molecule has 2 N–H and O–H groups in total. The SMILES string of the molecule is CCCNC(=O)C(C)NC(=O)c1cccc(I)c1. The Kier molecular flexibility index (Phi) is 6.11. The second-order valence-electron chi connectivity index (χ2n) is 4.00. The molecule has 1 atom stereocenters. The Morgan fingerprint density at radius 2 is 2.11 bits per heavy atom. The summed E-state index contributed by atoms with van der Waals surface area (Å²) in [6.45, 7) is 4.29. The van der Waals surface area contributed by atoms with Gasteiger partial charge in [-0.1, -0.05) is 13.0 Å². The predicted octanol–water partition coefficient (Wildman–Crippen LogP) is 1.94. The highest BCUT2D eigenvalue weighted by Gasteiger charge is 2.15. The summed E-state index contributed by atoms with van der Waals surface area (Å²) in [5, 5.41) is 5.42. The van der Waals surface area contributed by atoms with Crippen molar-refractivity contribution < 1.29 is 9.59 Å². The molecular weight excluding hydrogens is 343 g/mol. The van der Waals surface area contributed by atoms with E-state index in [2.05, 4.69) is 33.2 Å². The third-order valence-electron chi connectivity index (χ3n) is 2.38. The normalized spacial score (nSPS) is 11.7. The largest absolute Gasteiger partial charge is 0.354 e. The number of rotatable bonds is 5. The molecule has 1 rings (SSSR count). The zero-order valence-electron chi connectivity index (χ0n) is 10.5. The molecule has 2 amide bonds. The monoisotopic (exact) mass is 360 g/mol. The van der Waals surface area contributed by atoms with Gasteiger partial charge in [0.05, 0.1) is 0 Å². The van der Waals surface area contributed by atoms with Crippen LogP contribution >= 0.6 is 22.6 Å². The number of nitrogens with one attached hydrogen (secondary N) is 2. The molecule has 5 heteroatoms. The van der Waals surface area contributed by atoms with Gasteiger partial charge < -0.3 is 10.6 Å². The van der Waals surface area contributed by atoms with E-state index in [1.54, 1.807) is 19.1 Å². The van der Waals surface area contributed by atoms with Gasteiger partial charge in [-0.15, -0.1) is 0 Å². The lowest BCUT2D eigenvalue weighted by Crippen LogP contribution is -2.45. The Balaban J connectivity index is 2.56. The van der Waals surface area contributed by atoms with Crippen molar-refractivity contribution >= 4 is 34.4 Å². The summed E-state index contributed by atoms with van der Waals surface area (Å²) in [7, 11) is 0. The van der Waals surface area contributed by atoms with Gasteiger partial charge in [-0.3, -0.25) is 9.59 Å². The summed E-state index contributed by atoms with van der Waals surface area (Å²) in [5.41, 5.74) is 0.567. The number of carbonyl (C=O) groups is 2. The van der Waals surface area contributed by atoms with E-state index in [0.717, 1.165) is 9.99 Å². The number of hydrogen-bond donors (Lipinski definition) is 2. The minimum atomic E-state index is -0.526. The molecule has 0 aromatic heterocycles. The summed E-state index contributed by atoms with van der Waals surface area (Å²) in [5.74, 6) is -0.386. The van der Waals surface area contributed by atoms with Gasteiger partial charge >= 0.3 is 0 Å². The average molecular weight is 360 g/mol. The first-order valence-corrected chi connectivity index (χ1v) is 6.96. The van der Waals surface area contributed by atoms with Gasteiger partial charge in [-0.2, -0.15) is 0 Å². The van der Waals surface area contributed by atoms with E-state index < -0.39 is 6.04 Å². The molecule has 0 saturated heterocycles. The number of hydrogen-bond acceptors (Lipinski definition) is 2. The Morgan fingerprint density at radius 1 is 1.39 bits per heavy atom. The van der Waals surface area contributed by atoms with Crippen LogP contribution < -0.4 is 10.6 Å². The molecule has 0 heterocycles. The number of amides is 2. The van der Waals surface area contributed by atoms with Gasteiger partial charge in [0.1, 0.15) is 6.04 Å². The maximum absolute atomic E-state index is 11.9. The van der Waals surface area contributed by atoms with Gasteiger partial charge in [0.2, 0.25) is 5.91 Å². The molecule has 98 valence electrons. The van der Waals surface area contributed by atoms with E-state index in [0.29, 0.717) is 12.1 Å². The highest BCUT2D eigenvalue weighted by molar-refractivity contribution is 14.1. The smallest absolute Gasteiger partial charge is 0.251 e. The quantitative estimate of drug-likeness (QED) is 0.789. The first-order chi connectivity index (χ1) is 8.54. The summed E-state index contributed by atoms with van der Waals surface area (Å²) in [4.78, 5) is 23.5. The Bertz CT molecular complexity index is 435. The minimum absolute atomic E-state index is 0.157. The molecule has 0 aliphatic carbocycles. The number of benzene rings is 1. The van der Waals surface area contributed by atoms with E-state index in [9.17, 15) is 9.59 Å². The molecule has 0 radical (unpaired) electrons. The van der Waals surface area contributed by atoms with E-state index in [1.807, 2.05) is 19.1 Å². The fourth-order valence-corrected chi connectivity index (χ4v) is 1.92. The minimum Gasteiger partial charge on any atom is -0.354 e. The summed E-state index contributed by atoms with van der Waals surface area (Å²) in [6, 6.07) is 6.72. The lowest BCUT2D eigenvalue weighted by molar-refractivity contribution is -0.122. The summed E-state index contributed by atoms with van der Waals surface area (Å²) >= 11 is 2.14. The van der Waals surface area contributed by atoms with Crippen molar-refractivity contribution in [2.45, 2.75) is 26.3 Å². The molecule has 0 saturated carbocycles. The summed E-state index contributed by atoms with van der Waals surface area (Å²) in [6.07, 6.45) is 0.878. The molecule has 1 aromatic rings.